The molecule has 2 heterocycles. The molecule has 0 amide bonds. The Morgan fingerprint density at radius 2 is 2.26 bits per heavy atom. The van der Waals surface area contributed by atoms with Crippen molar-refractivity contribution in [2.75, 3.05) is 24.7 Å². The maximum absolute atomic E-state index is 8.75. The van der Waals surface area contributed by atoms with Crippen molar-refractivity contribution in [3.63, 3.8) is 0 Å². The van der Waals surface area contributed by atoms with Crippen LogP contribution in [0.2, 0.25) is 0 Å². The summed E-state index contributed by atoms with van der Waals surface area (Å²) in [4.78, 5) is 10.9. The molecule has 2 rings (SSSR count). The third-order valence-corrected chi connectivity index (χ3v) is 3.10. The zero-order valence-corrected chi connectivity index (χ0v) is 11.4. The van der Waals surface area contributed by atoms with Crippen molar-refractivity contribution >= 4 is 11.8 Å². The number of nitrogens with zero attached hydrogens (tertiary/aromatic N) is 4. The van der Waals surface area contributed by atoms with Crippen LogP contribution in [0.1, 0.15) is 25.2 Å². The van der Waals surface area contributed by atoms with Crippen molar-refractivity contribution in [2.24, 2.45) is 10.9 Å². The number of oxime groups is 1. The Labute approximate surface area is 112 Å². The van der Waals surface area contributed by atoms with Crippen molar-refractivity contribution in [2.45, 2.75) is 26.3 Å². The van der Waals surface area contributed by atoms with Crippen LogP contribution in [0.15, 0.2) is 11.2 Å². The van der Waals surface area contributed by atoms with E-state index in [0.29, 0.717) is 31.4 Å². The molecule has 0 radical (unpaired) electrons. The molecule has 3 N–H and O–H groups in total. The molecule has 1 fully saturated rings. The van der Waals surface area contributed by atoms with Gasteiger partial charge in [-0.25, -0.2) is 9.97 Å². The van der Waals surface area contributed by atoms with Gasteiger partial charge in [0.05, 0.1) is 18.8 Å². The quantitative estimate of drug-likeness (QED) is 0.350. The van der Waals surface area contributed by atoms with E-state index in [1.54, 1.807) is 6.07 Å². The first-order valence-electron chi connectivity index (χ1n) is 6.13. The van der Waals surface area contributed by atoms with Gasteiger partial charge in [0.15, 0.2) is 5.84 Å². The molecule has 1 aliphatic heterocycles. The molecule has 0 aromatic carbocycles. The van der Waals surface area contributed by atoms with E-state index in [1.807, 2.05) is 6.92 Å². The van der Waals surface area contributed by atoms with Crippen molar-refractivity contribution in [3.05, 3.63) is 17.5 Å². The number of aromatic nitrogens is 2. The van der Waals surface area contributed by atoms with Gasteiger partial charge in [-0.15, -0.1) is 0 Å². The van der Waals surface area contributed by atoms with Gasteiger partial charge in [-0.1, -0.05) is 5.16 Å². The second kappa shape index (κ2) is 5.00. The summed E-state index contributed by atoms with van der Waals surface area (Å²) in [6.07, 6.45) is 0. The predicted octanol–water partition coefficient (Wildman–Crippen LogP) is 0.495. The van der Waals surface area contributed by atoms with Gasteiger partial charge in [0.2, 0.25) is 5.95 Å². The number of hydrogen-bond donors (Lipinski definition) is 2. The standard InChI is InChI=1S/C12H19N5O2/c1-8-6-9(10(13)16-18)15-11(14-8)17-4-5-19-7-12(17,2)3/h6,18H,4-5,7H2,1-3H3,(H2,13,16). The third kappa shape index (κ3) is 2.76. The van der Waals surface area contributed by atoms with Gasteiger partial charge >= 0.3 is 0 Å². The van der Waals surface area contributed by atoms with Crippen LogP contribution in [0.5, 0.6) is 0 Å². The predicted molar refractivity (Wildman–Crippen MR) is 71.5 cm³/mol. The molecule has 0 atom stereocenters. The van der Waals surface area contributed by atoms with Crippen LogP contribution in [-0.4, -0.2) is 46.3 Å². The summed E-state index contributed by atoms with van der Waals surface area (Å²) in [5, 5.41) is 11.7. The number of ether oxygens (including phenoxy) is 1. The van der Waals surface area contributed by atoms with Gasteiger partial charge < -0.3 is 20.6 Å². The number of morpholine rings is 1. The fourth-order valence-corrected chi connectivity index (χ4v) is 2.09. The molecule has 0 bridgehead atoms. The second-order valence-corrected chi connectivity index (χ2v) is 5.20. The summed E-state index contributed by atoms with van der Waals surface area (Å²) >= 11 is 0. The Hall–Kier alpha value is -1.89. The average Bonchev–Trinajstić information content (AvgIpc) is 2.36. The van der Waals surface area contributed by atoms with Crippen molar-refractivity contribution < 1.29 is 9.94 Å². The minimum Gasteiger partial charge on any atom is -0.409 e. The fourth-order valence-electron chi connectivity index (χ4n) is 2.09. The molecule has 1 aromatic heterocycles. The highest BCUT2D eigenvalue weighted by Crippen LogP contribution is 2.24. The van der Waals surface area contributed by atoms with Crippen LogP contribution >= 0.6 is 0 Å². The highest BCUT2D eigenvalue weighted by atomic mass is 16.5. The highest BCUT2D eigenvalue weighted by Gasteiger charge is 2.32. The maximum atomic E-state index is 8.75. The summed E-state index contributed by atoms with van der Waals surface area (Å²) in [5.74, 6) is 0.563. The average molecular weight is 265 g/mol. The lowest BCUT2D eigenvalue weighted by molar-refractivity contribution is 0.0633. The number of hydrogen-bond acceptors (Lipinski definition) is 6. The number of anilines is 1. The molecule has 0 aliphatic carbocycles. The minimum atomic E-state index is -0.186. The highest BCUT2D eigenvalue weighted by molar-refractivity contribution is 5.95. The van der Waals surface area contributed by atoms with Crippen molar-refractivity contribution in [1.29, 1.82) is 0 Å². The van der Waals surface area contributed by atoms with Gasteiger partial charge in [-0.2, -0.15) is 0 Å². The van der Waals surface area contributed by atoms with E-state index >= 15 is 0 Å². The molecule has 0 saturated carbocycles. The first-order chi connectivity index (χ1) is 8.94. The first-order valence-corrected chi connectivity index (χ1v) is 6.13. The van der Waals surface area contributed by atoms with Crippen LogP contribution in [0, 0.1) is 6.92 Å². The molecule has 1 aromatic rings. The van der Waals surface area contributed by atoms with E-state index in [0.717, 1.165) is 5.69 Å². The Bertz CT molecular complexity index is 501. The van der Waals surface area contributed by atoms with Gasteiger partial charge in [0.1, 0.15) is 5.69 Å². The summed E-state index contributed by atoms with van der Waals surface area (Å²) in [7, 11) is 0. The Morgan fingerprint density at radius 1 is 1.53 bits per heavy atom. The molecule has 0 spiro atoms. The number of nitrogens with two attached hydrogens (primary N) is 1. The van der Waals surface area contributed by atoms with Gasteiger partial charge in [-0.3, -0.25) is 0 Å². The molecular formula is C12H19N5O2. The van der Waals surface area contributed by atoms with Gasteiger partial charge in [0, 0.05) is 12.2 Å². The molecule has 19 heavy (non-hydrogen) atoms. The van der Waals surface area contributed by atoms with Crippen LogP contribution in [0.4, 0.5) is 5.95 Å². The summed E-state index contributed by atoms with van der Waals surface area (Å²) in [6.45, 7) is 7.96. The molecule has 0 unspecified atom stereocenters. The lowest BCUT2D eigenvalue weighted by atomic mass is 10.0. The van der Waals surface area contributed by atoms with Gasteiger partial charge in [-0.05, 0) is 26.8 Å². The van der Waals surface area contributed by atoms with Crippen LogP contribution in [0.3, 0.4) is 0 Å². The Morgan fingerprint density at radius 3 is 2.89 bits per heavy atom. The minimum absolute atomic E-state index is 0.0159. The molecule has 7 nitrogen and oxygen atoms in total. The van der Waals surface area contributed by atoms with Crippen LogP contribution in [-0.2, 0) is 4.74 Å². The molecule has 104 valence electrons. The molecule has 7 heteroatoms. The van der Waals surface area contributed by atoms with Crippen LogP contribution in [0.25, 0.3) is 0 Å². The molecule has 1 aliphatic rings. The topological polar surface area (TPSA) is 96.9 Å². The van der Waals surface area contributed by atoms with Crippen molar-refractivity contribution in [3.8, 4) is 0 Å². The Kier molecular flexibility index (Phi) is 3.57. The van der Waals surface area contributed by atoms with E-state index in [9.17, 15) is 0 Å². The second-order valence-electron chi connectivity index (χ2n) is 5.20. The zero-order chi connectivity index (χ0) is 14.0. The molecular weight excluding hydrogens is 246 g/mol. The van der Waals surface area contributed by atoms with Gasteiger partial charge in [0.25, 0.3) is 0 Å². The zero-order valence-electron chi connectivity index (χ0n) is 11.4. The van der Waals surface area contributed by atoms with E-state index < -0.39 is 0 Å². The van der Waals surface area contributed by atoms with E-state index in [-0.39, 0.29) is 11.4 Å². The number of aryl methyl sites for hydroxylation is 1. The van der Waals surface area contributed by atoms with E-state index in [1.165, 1.54) is 0 Å². The smallest absolute Gasteiger partial charge is 0.226 e. The molecule has 1 saturated heterocycles. The Balaban J connectivity index is 2.41. The SMILES string of the molecule is Cc1cc(/C(N)=N/O)nc(N2CCOCC2(C)C)n1. The lowest BCUT2D eigenvalue weighted by Gasteiger charge is -2.42. The largest absolute Gasteiger partial charge is 0.409 e. The first kappa shape index (κ1) is 13.5. The summed E-state index contributed by atoms with van der Waals surface area (Å²) < 4.78 is 5.48. The summed E-state index contributed by atoms with van der Waals surface area (Å²) in [6, 6.07) is 1.69. The van der Waals surface area contributed by atoms with Crippen LogP contribution < -0.4 is 10.6 Å². The number of amidine groups is 1. The van der Waals surface area contributed by atoms with E-state index in [2.05, 4.69) is 33.9 Å². The normalized spacial score (nSPS) is 19.5. The van der Waals surface area contributed by atoms with E-state index in [4.69, 9.17) is 15.7 Å². The third-order valence-electron chi connectivity index (χ3n) is 3.10. The van der Waals surface area contributed by atoms with Crippen molar-refractivity contribution in [1.82, 2.24) is 9.97 Å². The monoisotopic (exact) mass is 265 g/mol. The maximum Gasteiger partial charge on any atom is 0.226 e. The lowest BCUT2D eigenvalue weighted by Crippen LogP contribution is -2.54. The fraction of sp³-hybridized carbons (Fsp3) is 0.583. The number of rotatable bonds is 2. The summed E-state index contributed by atoms with van der Waals surface area (Å²) in [5.41, 5.74) is 6.61.